The fraction of sp³-hybridized carbons (Fsp3) is 0.400. The molecule has 0 amide bonds. The van der Waals surface area contributed by atoms with Crippen LogP contribution in [-0.2, 0) is 10.8 Å². The largest absolute Gasteiger partial charge is 0.398 e. The van der Waals surface area contributed by atoms with Gasteiger partial charge in [0.15, 0.2) is 0 Å². The standard InChI is InChI=1S/C10H13N3O3S/c11-8-5-9(7-10(6-8)13(14)15)12-1-3-17(16)4-2-12/h5-7H,1-4,11H2. The van der Waals surface area contributed by atoms with Crippen LogP contribution in [0.3, 0.4) is 0 Å². The first kappa shape index (κ1) is 11.8. The second-order valence-corrected chi connectivity index (χ2v) is 5.57. The van der Waals surface area contributed by atoms with Crippen LogP contribution in [0.2, 0.25) is 0 Å². The molecular formula is C10H13N3O3S. The SMILES string of the molecule is Nc1cc(N2CCS(=O)CC2)cc([N+](=O)[O-])c1. The molecule has 0 bridgehead atoms. The Morgan fingerprint density at radius 2 is 1.94 bits per heavy atom. The fourth-order valence-electron chi connectivity index (χ4n) is 1.80. The molecule has 2 rings (SSSR count). The van der Waals surface area contributed by atoms with Gasteiger partial charge in [-0.05, 0) is 6.07 Å². The molecular weight excluding hydrogens is 242 g/mol. The van der Waals surface area contributed by atoms with Gasteiger partial charge in [0.05, 0.1) is 4.92 Å². The topological polar surface area (TPSA) is 89.5 Å². The quantitative estimate of drug-likeness (QED) is 0.478. The van der Waals surface area contributed by atoms with Crippen LogP contribution in [0, 0.1) is 10.1 Å². The van der Waals surface area contributed by atoms with Crippen molar-refractivity contribution in [3.8, 4) is 0 Å². The molecule has 1 aromatic rings. The van der Waals surface area contributed by atoms with Crippen LogP contribution in [-0.4, -0.2) is 33.7 Å². The Morgan fingerprint density at radius 1 is 1.29 bits per heavy atom. The Morgan fingerprint density at radius 3 is 2.53 bits per heavy atom. The molecule has 2 N–H and O–H groups in total. The summed E-state index contributed by atoms with van der Waals surface area (Å²) in [5.74, 6) is 1.20. The van der Waals surface area contributed by atoms with Crippen molar-refractivity contribution >= 4 is 27.9 Å². The summed E-state index contributed by atoms with van der Waals surface area (Å²) in [5, 5.41) is 10.7. The van der Waals surface area contributed by atoms with Crippen LogP contribution in [0.5, 0.6) is 0 Å². The predicted molar refractivity (Wildman–Crippen MR) is 67.6 cm³/mol. The lowest BCUT2D eigenvalue weighted by atomic mass is 10.2. The highest BCUT2D eigenvalue weighted by atomic mass is 32.2. The first-order chi connectivity index (χ1) is 8.06. The number of hydrogen-bond donors (Lipinski definition) is 1. The Balaban J connectivity index is 2.26. The summed E-state index contributed by atoms with van der Waals surface area (Å²) in [6, 6.07) is 4.55. The van der Waals surface area contributed by atoms with Crippen molar-refractivity contribution in [2.45, 2.75) is 0 Å². The predicted octanol–water partition coefficient (Wildman–Crippen LogP) is 0.746. The number of non-ortho nitro benzene ring substituents is 1. The first-order valence-electron chi connectivity index (χ1n) is 5.21. The van der Waals surface area contributed by atoms with Gasteiger partial charge in [-0.15, -0.1) is 0 Å². The molecule has 0 saturated carbocycles. The molecule has 1 fully saturated rings. The van der Waals surface area contributed by atoms with Gasteiger partial charge in [0, 0.05) is 58.9 Å². The number of nitro groups is 1. The van der Waals surface area contributed by atoms with Gasteiger partial charge in [0.25, 0.3) is 5.69 Å². The molecule has 1 aliphatic heterocycles. The minimum atomic E-state index is -0.761. The highest BCUT2D eigenvalue weighted by molar-refractivity contribution is 7.85. The summed E-state index contributed by atoms with van der Waals surface area (Å²) < 4.78 is 11.2. The molecule has 0 aromatic heterocycles. The molecule has 17 heavy (non-hydrogen) atoms. The van der Waals surface area contributed by atoms with E-state index < -0.39 is 15.7 Å². The molecule has 0 unspecified atom stereocenters. The van der Waals surface area contributed by atoms with E-state index in [1.54, 1.807) is 6.07 Å². The average molecular weight is 255 g/mol. The van der Waals surface area contributed by atoms with E-state index >= 15 is 0 Å². The lowest BCUT2D eigenvalue weighted by Crippen LogP contribution is -2.37. The van der Waals surface area contributed by atoms with Gasteiger partial charge in [0.2, 0.25) is 0 Å². The number of rotatable bonds is 2. The first-order valence-corrected chi connectivity index (χ1v) is 6.70. The zero-order chi connectivity index (χ0) is 12.4. The van der Waals surface area contributed by atoms with E-state index in [0.717, 1.165) is 5.69 Å². The van der Waals surface area contributed by atoms with E-state index in [1.165, 1.54) is 12.1 Å². The average Bonchev–Trinajstić information content (AvgIpc) is 2.29. The molecule has 6 nitrogen and oxygen atoms in total. The maximum absolute atomic E-state index is 11.2. The maximum Gasteiger partial charge on any atom is 0.273 e. The number of benzene rings is 1. The van der Waals surface area contributed by atoms with E-state index in [2.05, 4.69) is 0 Å². The van der Waals surface area contributed by atoms with Crippen molar-refractivity contribution in [2.75, 3.05) is 35.2 Å². The van der Waals surface area contributed by atoms with Crippen molar-refractivity contribution in [2.24, 2.45) is 0 Å². The molecule has 1 heterocycles. The molecule has 1 saturated heterocycles. The minimum Gasteiger partial charge on any atom is -0.398 e. The van der Waals surface area contributed by atoms with Crippen LogP contribution < -0.4 is 10.6 Å². The lowest BCUT2D eigenvalue weighted by molar-refractivity contribution is -0.384. The van der Waals surface area contributed by atoms with Crippen molar-refractivity contribution in [3.63, 3.8) is 0 Å². The number of nitro benzene ring substituents is 1. The number of nitrogens with zero attached hydrogens (tertiary/aromatic N) is 2. The van der Waals surface area contributed by atoms with Crippen LogP contribution in [0.15, 0.2) is 18.2 Å². The van der Waals surface area contributed by atoms with Crippen molar-refractivity contribution < 1.29 is 9.13 Å². The monoisotopic (exact) mass is 255 g/mol. The molecule has 7 heteroatoms. The van der Waals surface area contributed by atoms with Crippen molar-refractivity contribution in [1.29, 1.82) is 0 Å². The van der Waals surface area contributed by atoms with E-state index in [4.69, 9.17) is 5.73 Å². The Hall–Kier alpha value is -1.63. The van der Waals surface area contributed by atoms with Gasteiger partial charge in [-0.2, -0.15) is 0 Å². The number of nitrogens with two attached hydrogens (primary N) is 1. The highest BCUT2D eigenvalue weighted by Crippen LogP contribution is 2.26. The van der Waals surface area contributed by atoms with Gasteiger partial charge in [-0.1, -0.05) is 0 Å². The van der Waals surface area contributed by atoms with Crippen LogP contribution in [0.1, 0.15) is 0 Å². The second-order valence-electron chi connectivity index (χ2n) is 3.87. The number of nitrogen functional groups attached to an aromatic ring is 1. The number of anilines is 2. The normalized spacial score (nSPS) is 17.1. The van der Waals surface area contributed by atoms with E-state index in [9.17, 15) is 14.3 Å². The summed E-state index contributed by atoms with van der Waals surface area (Å²) in [6.07, 6.45) is 0. The molecule has 92 valence electrons. The zero-order valence-electron chi connectivity index (χ0n) is 9.17. The minimum absolute atomic E-state index is 0.00769. The Labute approximate surface area is 101 Å². The van der Waals surface area contributed by atoms with Crippen molar-refractivity contribution in [3.05, 3.63) is 28.3 Å². The molecule has 0 radical (unpaired) electrons. The third-order valence-corrected chi connectivity index (χ3v) is 3.95. The summed E-state index contributed by atoms with van der Waals surface area (Å²) in [5.41, 5.74) is 6.74. The fourth-order valence-corrected chi connectivity index (χ4v) is 2.85. The third kappa shape index (κ3) is 2.73. The van der Waals surface area contributed by atoms with E-state index in [-0.39, 0.29) is 5.69 Å². The van der Waals surface area contributed by atoms with Gasteiger partial charge < -0.3 is 10.6 Å². The molecule has 0 aliphatic carbocycles. The summed E-state index contributed by atoms with van der Waals surface area (Å²) in [7, 11) is -0.761. The highest BCUT2D eigenvalue weighted by Gasteiger charge is 2.18. The van der Waals surface area contributed by atoms with Crippen LogP contribution in [0.4, 0.5) is 17.1 Å². The second kappa shape index (κ2) is 4.70. The van der Waals surface area contributed by atoms with Gasteiger partial charge >= 0.3 is 0 Å². The van der Waals surface area contributed by atoms with E-state index in [1.807, 2.05) is 4.90 Å². The van der Waals surface area contributed by atoms with Crippen LogP contribution in [0.25, 0.3) is 0 Å². The molecule has 1 aromatic carbocycles. The number of hydrogen-bond acceptors (Lipinski definition) is 5. The van der Waals surface area contributed by atoms with E-state index in [0.29, 0.717) is 30.3 Å². The summed E-state index contributed by atoms with van der Waals surface area (Å²) >= 11 is 0. The summed E-state index contributed by atoms with van der Waals surface area (Å²) in [6.45, 7) is 1.29. The maximum atomic E-state index is 11.2. The lowest BCUT2D eigenvalue weighted by Gasteiger charge is -2.28. The van der Waals surface area contributed by atoms with Gasteiger partial charge in [-0.25, -0.2) is 0 Å². The smallest absolute Gasteiger partial charge is 0.273 e. The Bertz CT molecular complexity index is 468. The molecule has 0 spiro atoms. The summed E-state index contributed by atoms with van der Waals surface area (Å²) in [4.78, 5) is 12.2. The molecule has 0 atom stereocenters. The third-order valence-electron chi connectivity index (χ3n) is 2.68. The Kier molecular flexibility index (Phi) is 3.28. The van der Waals surface area contributed by atoms with Gasteiger partial charge in [-0.3, -0.25) is 14.3 Å². The van der Waals surface area contributed by atoms with Gasteiger partial charge in [0.1, 0.15) is 0 Å². The zero-order valence-corrected chi connectivity index (χ0v) is 9.98. The van der Waals surface area contributed by atoms with Crippen LogP contribution >= 0.6 is 0 Å². The molecule has 1 aliphatic rings. The van der Waals surface area contributed by atoms with Crippen molar-refractivity contribution in [1.82, 2.24) is 0 Å².